The number of oxazole rings is 1. The zero-order valence-corrected chi connectivity index (χ0v) is 18.4. The van der Waals surface area contributed by atoms with Gasteiger partial charge in [-0.2, -0.15) is 5.26 Å². The van der Waals surface area contributed by atoms with Crippen LogP contribution in [0.1, 0.15) is 37.3 Å². The molecule has 1 aliphatic heterocycles. The van der Waals surface area contributed by atoms with Crippen molar-refractivity contribution in [2.24, 2.45) is 0 Å². The first-order valence-corrected chi connectivity index (χ1v) is 10.9. The molecule has 0 bridgehead atoms. The van der Waals surface area contributed by atoms with E-state index in [2.05, 4.69) is 26.3 Å². The summed E-state index contributed by atoms with van der Waals surface area (Å²) in [4.78, 5) is 40.4. The van der Waals surface area contributed by atoms with Gasteiger partial charge < -0.3 is 19.5 Å². The van der Waals surface area contributed by atoms with Gasteiger partial charge in [-0.05, 0) is 24.6 Å². The van der Waals surface area contributed by atoms with E-state index in [0.29, 0.717) is 74.2 Å². The number of anilines is 1. The van der Waals surface area contributed by atoms with Crippen LogP contribution in [0.2, 0.25) is 0 Å². The highest BCUT2D eigenvalue weighted by atomic mass is 16.3. The number of aromatic nitrogens is 3. The van der Waals surface area contributed by atoms with E-state index in [1.54, 1.807) is 35.1 Å². The number of rotatable bonds is 7. The van der Waals surface area contributed by atoms with Crippen molar-refractivity contribution < 1.29 is 14.0 Å². The van der Waals surface area contributed by atoms with Crippen LogP contribution in [0.15, 0.2) is 40.9 Å². The van der Waals surface area contributed by atoms with E-state index < -0.39 is 5.92 Å². The van der Waals surface area contributed by atoms with Gasteiger partial charge in [0.05, 0.1) is 11.8 Å². The lowest BCUT2D eigenvalue weighted by Crippen LogP contribution is -2.50. The summed E-state index contributed by atoms with van der Waals surface area (Å²) in [6, 6.07) is 11.2. The molecule has 10 heteroatoms. The van der Waals surface area contributed by atoms with E-state index in [1.807, 2.05) is 18.2 Å². The highest BCUT2D eigenvalue weighted by Gasteiger charge is 2.23. The van der Waals surface area contributed by atoms with Gasteiger partial charge in [-0.1, -0.05) is 12.1 Å². The van der Waals surface area contributed by atoms with Crippen molar-refractivity contribution in [3.63, 3.8) is 0 Å². The van der Waals surface area contributed by atoms with Crippen LogP contribution in [0.4, 0.5) is 5.95 Å². The first kappa shape index (κ1) is 22.2. The quantitative estimate of drug-likeness (QED) is 0.546. The van der Waals surface area contributed by atoms with Crippen molar-refractivity contribution in [2.45, 2.75) is 25.7 Å². The average Bonchev–Trinajstić information content (AvgIpc) is 3.26. The second-order valence-corrected chi connectivity index (χ2v) is 7.80. The van der Waals surface area contributed by atoms with Crippen LogP contribution in [0.25, 0.3) is 11.1 Å². The summed E-state index contributed by atoms with van der Waals surface area (Å²) in [7, 11) is 0. The fourth-order valence-corrected chi connectivity index (χ4v) is 3.75. The molecule has 170 valence electrons. The molecule has 1 N–H and O–H groups in total. The van der Waals surface area contributed by atoms with Gasteiger partial charge in [0.1, 0.15) is 5.52 Å². The Morgan fingerprint density at radius 2 is 1.91 bits per heavy atom. The van der Waals surface area contributed by atoms with Gasteiger partial charge in [0.15, 0.2) is 11.5 Å². The number of amides is 2. The number of fused-ring (bicyclic) bond motifs is 1. The molecule has 10 nitrogen and oxygen atoms in total. The molecule has 2 amide bonds. The number of piperazine rings is 1. The summed E-state index contributed by atoms with van der Waals surface area (Å²) in [6.45, 7) is 4.37. The van der Waals surface area contributed by atoms with E-state index >= 15 is 0 Å². The Kier molecular flexibility index (Phi) is 6.78. The Morgan fingerprint density at radius 3 is 2.64 bits per heavy atom. The Morgan fingerprint density at radius 1 is 1.15 bits per heavy atom. The lowest BCUT2D eigenvalue weighted by molar-refractivity contribution is -0.138. The molecule has 3 heterocycles. The normalized spacial score (nSPS) is 14.7. The Labute approximate surface area is 191 Å². The fourth-order valence-electron chi connectivity index (χ4n) is 3.75. The van der Waals surface area contributed by atoms with Crippen molar-refractivity contribution >= 4 is 28.9 Å². The molecule has 1 atom stereocenters. The maximum Gasteiger partial charge on any atom is 0.222 e. The minimum absolute atomic E-state index is 0.0447. The van der Waals surface area contributed by atoms with Crippen LogP contribution in [0.5, 0.6) is 0 Å². The number of nitrogens with one attached hydrogen (secondary N) is 1. The van der Waals surface area contributed by atoms with E-state index in [0.717, 1.165) is 0 Å². The molecule has 0 spiro atoms. The first-order valence-electron chi connectivity index (χ1n) is 10.9. The lowest BCUT2D eigenvalue weighted by Gasteiger charge is -2.34. The van der Waals surface area contributed by atoms with Gasteiger partial charge in [-0.3, -0.25) is 9.59 Å². The van der Waals surface area contributed by atoms with Crippen molar-refractivity contribution in [2.75, 3.05) is 38.0 Å². The zero-order valence-electron chi connectivity index (χ0n) is 18.4. The van der Waals surface area contributed by atoms with Gasteiger partial charge in [0, 0.05) is 52.3 Å². The molecular weight excluding hydrogens is 422 g/mol. The van der Waals surface area contributed by atoms with Crippen molar-refractivity contribution in [1.29, 1.82) is 5.26 Å². The SMILES string of the molecule is CC(=O)N1CCN(C(=O)CCCNc2nccc(C(C#N)c3nc4ccccc4o3)n2)CC1. The van der Waals surface area contributed by atoms with Gasteiger partial charge >= 0.3 is 0 Å². The lowest BCUT2D eigenvalue weighted by atomic mass is 10.1. The number of carbonyl (C=O) groups is 2. The van der Waals surface area contributed by atoms with Crippen molar-refractivity contribution in [1.82, 2.24) is 24.8 Å². The van der Waals surface area contributed by atoms with Crippen molar-refractivity contribution in [3.8, 4) is 6.07 Å². The number of para-hydroxylation sites is 2. The summed E-state index contributed by atoms with van der Waals surface area (Å²) in [5.74, 6) is 0.0415. The standard InChI is InChI=1S/C23H25N7O3/c1-16(31)29-11-13-30(14-12-29)21(32)7-4-9-25-23-26-10-8-18(28-23)17(15-24)22-27-19-5-2-3-6-20(19)33-22/h2-3,5-6,8,10,17H,4,7,9,11-14H2,1H3,(H,25,26,28). The predicted molar refractivity (Wildman–Crippen MR) is 120 cm³/mol. The molecule has 1 aromatic carbocycles. The zero-order chi connectivity index (χ0) is 23.2. The topological polar surface area (TPSA) is 128 Å². The van der Waals surface area contributed by atoms with Crippen LogP contribution in [0.3, 0.4) is 0 Å². The van der Waals surface area contributed by atoms with Crippen LogP contribution in [-0.2, 0) is 9.59 Å². The molecule has 1 fully saturated rings. The maximum absolute atomic E-state index is 12.4. The third-order valence-electron chi connectivity index (χ3n) is 5.59. The number of carbonyl (C=O) groups excluding carboxylic acids is 2. The van der Waals surface area contributed by atoms with Crippen LogP contribution >= 0.6 is 0 Å². The molecule has 0 saturated carbocycles. The smallest absolute Gasteiger partial charge is 0.222 e. The molecule has 4 rings (SSSR count). The maximum atomic E-state index is 12.4. The Balaban J connectivity index is 1.30. The van der Waals surface area contributed by atoms with E-state index in [4.69, 9.17) is 4.42 Å². The number of hydrogen-bond acceptors (Lipinski definition) is 8. The Hall–Kier alpha value is -4.00. The highest BCUT2D eigenvalue weighted by Crippen LogP contribution is 2.26. The Bertz CT molecular complexity index is 1150. The first-order chi connectivity index (χ1) is 16.0. The van der Waals surface area contributed by atoms with Crippen LogP contribution in [-0.4, -0.2) is 69.3 Å². The molecule has 0 aliphatic carbocycles. The number of hydrogen-bond donors (Lipinski definition) is 1. The third-order valence-corrected chi connectivity index (χ3v) is 5.59. The van der Waals surface area contributed by atoms with Gasteiger partial charge in [0.2, 0.25) is 23.7 Å². The molecular formula is C23H25N7O3. The largest absolute Gasteiger partial charge is 0.439 e. The number of nitriles is 1. The monoisotopic (exact) mass is 447 g/mol. The van der Waals surface area contributed by atoms with Gasteiger partial charge in [-0.15, -0.1) is 0 Å². The van der Waals surface area contributed by atoms with Gasteiger partial charge in [-0.25, -0.2) is 15.0 Å². The van der Waals surface area contributed by atoms with E-state index in [-0.39, 0.29) is 11.8 Å². The molecule has 0 radical (unpaired) electrons. The minimum atomic E-state index is -0.754. The predicted octanol–water partition coefficient (Wildman–Crippen LogP) is 2.16. The van der Waals surface area contributed by atoms with Crippen molar-refractivity contribution in [3.05, 3.63) is 48.1 Å². The summed E-state index contributed by atoms with van der Waals surface area (Å²) < 4.78 is 5.74. The number of benzene rings is 1. The summed E-state index contributed by atoms with van der Waals surface area (Å²) in [5.41, 5.74) is 1.79. The van der Waals surface area contributed by atoms with Gasteiger partial charge in [0.25, 0.3) is 0 Å². The molecule has 1 aliphatic rings. The molecule has 3 aromatic rings. The van der Waals surface area contributed by atoms with E-state index in [9.17, 15) is 14.9 Å². The fraction of sp³-hybridized carbons (Fsp3) is 0.391. The summed E-state index contributed by atoms with van der Waals surface area (Å²) in [5, 5.41) is 12.8. The highest BCUT2D eigenvalue weighted by molar-refractivity contribution is 5.77. The molecule has 1 saturated heterocycles. The second kappa shape index (κ2) is 10.1. The van der Waals surface area contributed by atoms with E-state index in [1.165, 1.54) is 0 Å². The summed E-state index contributed by atoms with van der Waals surface area (Å²) >= 11 is 0. The third kappa shape index (κ3) is 5.26. The molecule has 2 aromatic heterocycles. The van der Waals surface area contributed by atoms with Crippen LogP contribution < -0.4 is 5.32 Å². The number of nitrogens with zero attached hydrogens (tertiary/aromatic N) is 6. The second-order valence-electron chi connectivity index (χ2n) is 7.80. The minimum Gasteiger partial charge on any atom is -0.439 e. The summed E-state index contributed by atoms with van der Waals surface area (Å²) in [6.07, 6.45) is 2.60. The van der Waals surface area contributed by atoms with Crippen LogP contribution in [0, 0.1) is 11.3 Å². The average molecular weight is 447 g/mol. The molecule has 1 unspecified atom stereocenters. The molecule has 33 heavy (non-hydrogen) atoms.